The maximum atomic E-state index is 12.1. The van der Waals surface area contributed by atoms with E-state index in [0.717, 1.165) is 5.69 Å². The van der Waals surface area contributed by atoms with Gasteiger partial charge in [0.1, 0.15) is 0 Å². The number of carboxylic acid groups (broad SMARTS) is 1. The van der Waals surface area contributed by atoms with Gasteiger partial charge in [0.05, 0.1) is 18.0 Å². The minimum Gasteiger partial charge on any atom is -0.475 e. The molecule has 0 fully saturated rings. The lowest BCUT2D eigenvalue weighted by molar-refractivity contribution is -0.192. The number of carbonyl (C=O) groups is 2. The molecule has 0 aliphatic heterocycles. The van der Waals surface area contributed by atoms with E-state index in [4.69, 9.17) is 21.5 Å². The van der Waals surface area contributed by atoms with Crippen molar-refractivity contribution in [3.63, 3.8) is 0 Å². The van der Waals surface area contributed by atoms with E-state index in [0.29, 0.717) is 10.6 Å². The van der Waals surface area contributed by atoms with Gasteiger partial charge in [0.25, 0.3) is 5.91 Å². The number of carboxylic acids is 1. The number of nitrogens with zero attached hydrogens (tertiary/aromatic N) is 4. The van der Waals surface area contributed by atoms with Gasteiger partial charge in [-0.1, -0.05) is 28.9 Å². The smallest absolute Gasteiger partial charge is 0.475 e. The Morgan fingerprint density at radius 2 is 1.71 bits per heavy atom. The molecule has 0 saturated carbocycles. The molecule has 164 valence electrons. The average molecular weight is 458 g/mol. The zero-order valence-electron chi connectivity index (χ0n) is 15.5. The molecule has 1 unspecified atom stereocenters. The van der Waals surface area contributed by atoms with Crippen molar-refractivity contribution >= 4 is 23.5 Å². The molecule has 31 heavy (non-hydrogen) atoms. The molecule has 0 aliphatic rings. The Kier molecular flexibility index (Phi) is 8.05. The fourth-order valence-electron chi connectivity index (χ4n) is 2.07. The molecule has 0 bridgehead atoms. The molecule has 0 aliphatic carbocycles. The van der Waals surface area contributed by atoms with Crippen molar-refractivity contribution in [1.29, 1.82) is 0 Å². The van der Waals surface area contributed by atoms with Crippen LogP contribution in [0.2, 0.25) is 5.02 Å². The molecule has 0 saturated heterocycles. The van der Waals surface area contributed by atoms with Crippen LogP contribution in [0.25, 0.3) is 5.69 Å². The van der Waals surface area contributed by atoms with Crippen LogP contribution in [0, 0.1) is 0 Å². The summed E-state index contributed by atoms with van der Waals surface area (Å²) in [4.78, 5) is 24.9. The molecule has 2 aromatic heterocycles. The van der Waals surface area contributed by atoms with Crippen LogP contribution in [-0.4, -0.2) is 54.8 Å². The first-order chi connectivity index (χ1) is 14.6. The lowest BCUT2D eigenvalue weighted by atomic mass is 10.1. The van der Waals surface area contributed by atoms with E-state index in [-0.39, 0.29) is 12.2 Å². The van der Waals surface area contributed by atoms with Crippen LogP contribution in [0.4, 0.5) is 13.2 Å². The third-order valence-electron chi connectivity index (χ3n) is 3.61. The molecule has 1 amide bonds. The third kappa shape index (κ3) is 7.35. The predicted octanol–water partition coefficient (Wildman–Crippen LogP) is 2.41. The molecule has 3 aromatic rings. The van der Waals surface area contributed by atoms with Crippen LogP contribution < -0.4 is 5.32 Å². The number of aliphatic carboxylic acids is 1. The normalized spacial score (nSPS) is 11.8. The molecule has 3 rings (SSSR count). The lowest BCUT2D eigenvalue weighted by Gasteiger charge is -2.11. The molecule has 1 aromatic carbocycles. The summed E-state index contributed by atoms with van der Waals surface area (Å²) in [5.74, 6) is -3.17. The molecule has 0 radical (unpaired) electrons. The summed E-state index contributed by atoms with van der Waals surface area (Å²) in [6.45, 7) is 0.0581. The van der Waals surface area contributed by atoms with Gasteiger partial charge in [-0.2, -0.15) is 13.2 Å². The van der Waals surface area contributed by atoms with Crippen LogP contribution in [0.3, 0.4) is 0 Å². The van der Waals surface area contributed by atoms with Gasteiger partial charge in [-0.25, -0.2) is 9.48 Å². The summed E-state index contributed by atoms with van der Waals surface area (Å²) < 4.78 is 33.2. The second kappa shape index (κ2) is 10.5. The van der Waals surface area contributed by atoms with Crippen LogP contribution in [-0.2, 0) is 4.79 Å². The van der Waals surface area contributed by atoms with Gasteiger partial charge in [-0.15, -0.1) is 5.10 Å². The van der Waals surface area contributed by atoms with E-state index in [1.54, 1.807) is 48.8 Å². The van der Waals surface area contributed by atoms with Crippen molar-refractivity contribution in [2.75, 3.05) is 6.54 Å². The summed E-state index contributed by atoms with van der Waals surface area (Å²) in [6.07, 6.45) is -1.15. The van der Waals surface area contributed by atoms with E-state index in [1.165, 1.54) is 10.9 Å². The Bertz CT molecular complexity index is 1010. The highest BCUT2D eigenvalue weighted by molar-refractivity contribution is 6.30. The number of aromatic nitrogens is 4. The summed E-state index contributed by atoms with van der Waals surface area (Å²) in [5.41, 5.74) is 1.58. The number of halogens is 4. The SMILES string of the molecule is O=C(NCC(O)c1ccc(Cl)cc1)c1cn(-c2ccncc2)nn1.O=C(O)C(F)(F)F. The molecule has 2 heterocycles. The zero-order valence-corrected chi connectivity index (χ0v) is 16.2. The lowest BCUT2D eigenvalue weighted by Crippen LogP contribution is -2.28. The van der Waals surface area contributed by atoms with E-state index in [1.807, 2.05) is 0 Å². The number of alkyl halides is 3. The minimum atomic E-state index is -5.08. The van der Waals surface area contributed by atoms with Gasteiger partial charge in [-0.3, -0.25) is 9.78 Å². The Morgan fingerprint density at radius 1 is 1.13 bits per heavy atom. The average Bonchev–Trinajstić information content (AvgIpc) is 3.23. The number of amides is 1. The number of nitrogens with one attached hydrogen (secondary N) is 1. The maximum absolute atomic E-state index is 12.1. The van der Waals surface area contributed by atoms with Gasteiger partial charge < -0.3 is 15.5 Å². The second-order valence-corrected chi connectivity index (χ2v) is 6.27. The number of aliphatic hydroxyl groups excluding tert-OH is 1. The fraction of sp³-hybridized carbons (Fsp3) is 0.167. The topological polar surface area (TPSA) is 130 Å². The third-order valence-corrected chi connectivity index (χ3v) is 3.86. The highest BCUT2D eigenvalue weighted by atomic mass is 35.5. The zero-order chi connectivity index (χ0) is 23.0. The molecule has 1 atom stereocenters. The summed E-state index contributed by atoms with van der Waals surface area (Å²) >= 11 is 5.80. The van der Waals surface area contributed by atoms with Crippen LogP contribution >= 0.6 is 11.6 Å². The number of benzene rings is 1. The number of rotatable bonds is 5. The first-order valence-corrected chi connectivity index (χ1v) is 8.80. The molecular formula is C18H15ClF3N5O4. The number of carbonyl (C=O) groups excluding carboxylic acids is 1. The number of hydrogen-bond donors (Lipinski definition) is 3. The predicted molar refractivity (Wildman–Crippen MR) is 102 cm³/mol. The van der Waals surface area contributed by atoms with E-state index >= 15 is 0 Å². The van der Waals surface area contributed by atoms with Crippen molar-refractivity contribution in [1.82, 2.24) is 25.3 Å². The first-order valence-electron chi connectivity index (χ1n) is 8.42. The van der Waals surface area contributed by atoms with Crippen LogP contribution in [0.5, 0.6) is 0 Å². The van der Waals surface area contributed by atoms with Crippen LogP contribution in [0.15, 0.2) is 55.0 Å². The summed E-state index contributed by atoms with van der Waals surface area (Å²) in [5, 5.41) is 28.2. The van der Waals surface area contributed by atoms with Crippen molar-refractivity contribution in [3.05, 3.63) is 71.3 Å². The molecule has 0 spiro atoms. The van der Waals surface area contributed by atoms with Crippen molar-refractivity contribution in [2.45, 2.75) is 12.3 Å². The Hall–Kier alpha value is -3.51. The van der Waals surface area contributed by atoms with Crippen molar-refractivity contribution in [2.24, 2.45) is 0 Å². The Labute approximate surface area is 178 Å². The van der Waals surface area contributed by atoms with Crippen molar-refractivity contribution < 1.29 is 33.0 Å². The number of hydrogen-bond acceptors (Lipinski definition) is 6. The monoisotopic (exact) mass is 457 g/mol. The quantitative estimate of drug-likeness (QED) is 0.536. The van der Waals surface area contributed by atoms with E-state index in [2.05, 4.69) is 20.6 Å². The fourth-order valence-corrected chi connectivity index (χ4v) is 2.20. The second-order valence-electron chi connectivity index (χ2n) is 5.83. The molecule has 3 N–H and O–H groups in total. The summed E-state index contributed by atoms with van der Waals surface area (Å²) in [6, 6.07) is 10.3. The van der Waals surface area contributed by atoms with E-state index in [9.17, 15) is 23.1 Å². The van der Waals surface area contributed by atoms with Gasteiger partial charge in [-0.05, 0) is 29.8 Å². The molecular weight excluding hydrogens is 443 g/mol. The highest BCUT2D eigenvalue weighted by Gasteiger charge is 2.38. The van der Waals surface area contributed by atoms with Gasteiger partial charge in [0, 0.05) is 24.0 Å². The maximum Gasteiger partial charge on any atom is 0.490 e. The standard InChI is InChI=1S/C16H14ClN5O2.C2HF3O2/c17-12-3-1-11(2-4-12)15(23)9-19-16(24)14-10-22(21-20-14)13-5-7-18-8-6-13;3-2(4,5)1(6)7/h1-8,10,15,23H,9H2,(H,19,24);(H,6,7). The summed E-state index contributed by atoms with van der Waals surface area (Å²) in [7, 11) is 0. The van der Waals surface area contributed by atoms with Crippen molar-refractivity contribution in [3.8, 4) is 5.69 Å². The highest BCUT2D eigenvalue weighted by Crippen LogP contribution is 2.16. The molecule has 9 nitrogen and oxygen atoms in total. The first kappa shape index (κ1) is 23.8. The van der Waals surface area contributed by atoms with Gasteiger partial charge in [0.15, 0.2) is 5.69 Å². The van der Waals surface area contributed by atoms with E-state index < -0.39 is 24.2 Å². The van der Waals surface area contributed by atoms with Gasteiger partial charge in [0.2, 0.25) is 0 Å². The van der Waals surface area contributed by atoms with Crippen LogP contribution in [0.1, 0.15) is 22.2 Å². The minimum absolute atomic E-state index is 0.0581. The van der Waals surface area contributed by atoms with Gasteiger partial charge >= 0.3 is 12.1 Å². The Balaban J connectivity index is 0.000000423. The largest absolute Gasteiger partial charge is 0.490 e. The molecule has 13 heteroatoms. The number of pyridine rings is 1. The number of aliphatic hydroxyl groups is 1. The Morgan fingerprint density at radius 3 is 2.26 bits per heavy atom.